The molecule has 0 aliphatic carbocycles. The fraction of sp³-hybridized carbons (Fsp3) is 0.500. The van der Waals surface area contributed by atoms with Gasteiger partial charge in [-0.3, -0.25) is 9.10 Å². The molecule has 1 aromatic carbocycles. The second-order valence-electron chi connectivity index (χ2n) is 6.68. The van der Waals surface area contributed by atoms with Gasteiger partial charge in [0.25, 0.3) is 5.91 Å². The standard InChI is InChI=1S/C16H24ClN3O3S/c1-11-9-13(17)7-8-14(11)20(24(6,22)23)10-15(21)19-18-12(2)16(3,4)5/h7-9H,10H2,1-6H3,(H,19,21)/b18-12-. The molecule has 0 heterocycles. The molecule has 0 spiro atoms. The second kappa shape index (κ2) is 7.53. The van der Waals surface area contributed by atoms with Gasteiger partial charge in [-0.1, -0.05) is 32.4 Å². The number of hydrogen-bond donors (Lipinski definition) is 1. The van der Waals surface area contributed by atoms with Crippen molar-refractivity contribution in [2.75, 3.05) is 17.1 Å². The number of carbonyl (C=O) groups is 1. The van der Waals surface area contributed by atoms with Gasteiger partial charge in [-0.25, -0.2) is 13.8 Å². The maximum Gasteiger partial charge on any atom is 0.260 e. The molecule has 8 heteroatoms. The molecule has 0 fully saturated rings. The Morgan fingerprint density at radius 3 is 2.38 bits per heavy atom. The molecule has 134 valence electrons. The van der Waals surface area contributed by atoms with E-state index in [0.717, 1.165) is 16.3 Å². The molecule has 1 N–H and O–H groups in total. The van der Waals surface area contributed by atoms with E-state index in [1.165, 1.54) is 0 Å². The lowest BCUT2D eigenvalue weighted by Crippen LogP contribution is -2.39. The third-order valence-corrected chi connectivity index (χ3v) is 4.91. The first-order valence-electron chi connectivity index (χ1n) is 7.40. The summed E-state index contributed by atoms with van der Waals surface area (Å²) in [5, 5.41) is 4.53. The van der Waals surface area contributed by atoms with Crippen molar-refractivity contribution in [3.8, 4) is 0 Å². The summed E-state index contributed by atoms with van der Waals surface area (Å²) < 4.78 is 25.2. The molecule has 0 aliphatic heterocycles. The van der Waals surface area contributed by atoms with Crippen LogP contribution in [0.3, 0.4) is 0 Å². The van der Waals surface area contributed by atoms with Gasteiger partial charge in [-0.2, -0.15) is 5.10 Å². The van der Waals surface area contributed by atoms with E-state index in [-0.39, 0.29) is 12.0 Å². The number of benzene rings is 1. The predicted octanol–water partition coefficient (Wildman–Crippen LogP) is 2.95. The van der Waals surface area contributed by atoms with E-state index < -0.39 is 15.9 Å². The summed E-state index contributed by atoms with van der Waals surface area (Å²) in [7, 11) is -3.63. The monoisotopic (exact) mass is 373 g/mol. The summed E-state index contributed by atoms with van der Waals surface area (Å²) in [5.41, 5.74) is 4.04. The van der Waals surface area contributed by atoms with Gasteiger partial charge in [0, 0.05) is 16.1 Å². The van der Waals surface area contributed by atoms with Crippen LogP contribution in [-0.4, -0.2) is 32.8 Å². The molecule has 0 radical (unpaired) electrons. The van der Waals surface area contributed by atoms with E-state index in [9.17, 15) is 13.2 Å². The summed E-state index contributed by atoms with van der Waals surface area (Å²) in [5.74, 6) is -0.515. The molecular formula is C16H24ClN3O3S. The number of carbonyl (C=O) groups excluding carboxylic acids is 1. The van der Waals surface area contributed by atoms with Crippen LogP contribution in [-0.2, 0) is 14.8 Å². The molecule has 0 unspecified atom stereocenters. The smallest absolute Gasteiger partial charge is 0.260 e. The van der Waals surface area contributed by atoms with Crippen LogP contribution in [0.1, 0.15) is 33.3 Å². The number of anilines is 1. The number of hydrazone groups is 1. The van der Waals surface area contributed by atoms with Gasteiger partial charge >= 0.3 is 0 Å². The van der Waals surface area contributed by atoms with Crippen LogP contribution in [0.25, 0.3) is 0 Å². The zero-order chi connectivity index (χ0) is 18.7. The summed E-state index contributed by atoms with van der Waals surface area (Å²) in [6.45, 7) is 9.09. The van der Waals surface area contributed by atoms with E-state index in [1.54, 1.807) is 32.0 Å². The Morgan fingerprint density at radius 2 is 1.92 bits per heavy atom. The SMILES string of the molecule is C/C(=N/NC(=O)CN(c1ccc(Cl)cc1C)S(C)(=O)=O)C(C)(C)C. The van der Waals surface area contributed by atoms with Crippen LogP contribution in [0.5, 0.6) is 0 Å². The van der Waals surface area contributed by atoms with E-state index in [2.05, 4.69) is 10.5 Å². The third kappa shape index (κ3) is 5.79. The number of halogens is 1. The molecule has 0 saturated heterocycles. The lowest BCUT2D eigenvalue weighted by Gasteiger charge is -2.23. The van der Waals surface area contributed by atoms with Crippen LogP contribution in [0, 0.1) is 12.3 Å². The number of rotatable bonds is 5. The van der Waals surface area contributed by atoms with Crippen LogP contribution in [0.2, 0.25) is 5.02 Å². The molecule has 0 saturated carbocycles. The molecule has 1 amide bonds. The Labute approximate surface area is 148 Å². The normalized spacial score (nSPS) is 12.9. The molecule has 0 atom stereocenters. The first-order valence-corrected chi connectivity index (χ1v) is 9.62. The van der Waals surface area contributed by atoms with Crippen molar-refractivity contribution < 1.29 is 13.2 Å². The number of aryl methyl sites for hydroxylation is 1. The number of amides is 1. The maximum atomic E-state index is 12.1. The maximum absolute atomic E-state index is 12.1. The molecule has 24 heavy (non-hydrogen) atoms. The van der Waals surface area contributed by atoms with E-state index in [0.29, 0.717) is 16.3 Å². The first-order chi connectivity index (χ1) is 10.8. The highest BCUT2D eigenvalue weighted by molar-refractivity contribution is 7.92. The zero-order valence-electron chi connectivity index (χ0n) is 14.8. The van der Waals surface area contributed by atoms with E-state index in [4.69, 9.17) is 11.6 Å². The third-order valence-electron chi connectivity index (χ3n) is 3.55. The summed E-state index contributed by atoms with van der Waals surface area (Å²) >= 11 is 5.90. The highest BCUT2D eigenvalue weighted by atomic mass is 35.5. The van der Waals surface area contributed by atoms with Crippen molar-refractivity contribution in [3.05, 3.63) is 28.8 Å². The quantitative estimate of drug-likeness (QED) is 0.636. The Kier molecular flexibility index (Phi) is 6.41. The van der Waals surface area contributed by atoms with Gasteiger partial charge in [0.05, 0.1) is 11.9 Å². The van der Waals surface area contributed by atoms with Crippen LogP contribution >= 0.6 is 11.6 Å². The number of hydrogen-bond acceptors (Lipinski definition) is 4. The lowest BCUT2D eigenvalue weighted by atomic mass is 9.91. The molecule has 1 aromatic rings. The number of sulfonamides is 1. The minimum atomic E-state index is -3.63. The minimum absolute atomic E-state index is 0.184. The molecule has 1 rings (SSSR count). The Balaban J connectivity index is 3.03. The molecule has 6 nitrogen and oxygen atoms in total. The van der Waals surface area contributed by atoms with E-state index >= 15 is 0 Å². The average Bonchev–Trinajstić information content (AvgIpc) is 2.40. The molecule has 0 aliphatic rings. The van der Waals surface area contributed by atoms with Crippen LogP contribution < -0.4 is 9.73 Å². The summed E-state index contributed by atoms with van der Waals surface area (Å²) in [4.78, 5) is 12.1. The zero-order valence-corrected chi connectivity index (χ0v) is 16.4. The molecule has 0 aromatic heterocycles. The minimum Gasteiger partial charge on any atom is -0.271 e. The van der Waals surface area contributed by atoms with Gasteiger partial charge < -0.3 is 0 Å². The van der Waals surface area contributed by atoms with Gasteiger partial charge in [-0.15, -0.1) is 0 Å². The van der Waals surface area contributed by atoms with Gasteiger partial charge in [0.15, 0.2) is 0 Å². The number of nitrogens with zero attached hydrogens (tertiary/aromatic N) is 2. The van der Waals surface area contributed by atoms with Gasteiger partial charge in [-0.05, 0) is 37.6 Å². The Hall–Kier alpha value is -1.60. The Morgan fingerprint density at radius 1 is 1.33 bits per heavy atom. The van der Waals surface area contributed by atoms with Crippen molar-refractivity contribution in [2.24, 2.45) is 10.5 Å². The highest BCUT2D eigenvalue weighted by Crippen LogP contribution is 2.25. The molecule has 0 bridgehead atoms. The largest absolute Gasteiger partial charge is 0.271 e. The predicted molar refractivity (Wildman–Crippen MR) is 99.1 cm³/mol. The topological polar surface area (TPSA) is 78.8 Å². The second-order valence-corrected chi connectivity index (χ2v) is 9.03. The van der Waals surface area contributed by atoms with Gasteiger partial charge in [0.2, 0.25) is 10.0 Å². The van der Waals surface area contributed by atoms with Crippen molar-refractivity contribution >= 4 is 38.9 Å². The summed E-state index contributed by atoms with van der Waals surface area (Å²) in [6.07, 6.45) is 1.05. The highest BCUT2D eigenvalue weighted by Gasteiger charge is 2.23. The first kappa shape index (κ1) is 20.4. The number of nitrogens with one attached hydrogen (secondary N) is 1. The van der Waals surface area contributed by atoms with E-state index in [1.807, 2.05) is 20.8 Å². The van der Waals surface area contributed by atoms with Crippen molar-refractivity contribution in [1.82, 2.24) is 5.43 Å². The fourth-order valence-electron chi connectivity index (χ4n) is 1.76. The van der Waals surface area contributed by atoms with Crippen LogP contribution in [0.15, 0.2) is 23.3 Å². The average molecular weight is 374 g/mol. The Bertz CT molecular complexity index is 752. The van der Waals surface area contributed by atoms with Crippen molar-refractivity contribution in [3.63, 3.8) is 0 Å². The molecular weight excluding hydrogens is 350 g/mol. The van der Waals surface area contributed by atoms with Crippen molar-refractivity contribution in [1.29, 1.82) is 0 Å². The lowest BCUT2D eigenvalue weighted by molar-refractivity contribution is -0.119. The van der Waals surface area contributed by atoms with Crippen LogP contribution in [0.4, 0.5) is 5.69 Å². The fourth-order valence-corrected chi connectivity index (χ4v) is 2.90. The summed E-state index contributed by atoms with van der Waals surface area (Å²) in [6, 6.07) is 4.81. The van der Waals surface area contributed by atoms with Gasteiger partial charge in [0.1, 0.15) is 6.54 Å². The van der Waals surface area contributed by atoms with Crippen molar-refractivity contribution in [2.45, 2.75) is 34.6 Å².